The highest BCUT2D eigenvalue weighted by Gasteiger charge is 2.28. The van der Waals surface area contributed by atoms with Crippen molar-refractivity contribution >= 4 is 21.7 Å². The molecule has 3 rings (SSSR count). The summed E-state index contributed by atoms with van der Waals surface area (Å²) in [5.41, 5.74) is -0.218. The number of halogens is 1. The summed E-state index contributed by atoms with van der Waals surface area (Å²) < 4.78 is 41.1. The Morgan fingerprint density at radius 3 is 2.38 bits per heavy atom. The highest BCUT2D eigenvalue weighted by atomic mass is 32.2. The van der Waals surface area contributed by atoms with Crippen molar-refractivity contribution in [2.24, 2.45) is 0 Å². The summed E-state index contributed by atoms with van der Waals surface area (Å²) in [5, 5.41) is 0. The van der Waals surface area contributed by atoms with E-state index in [0.29, 0.717) is 39.3 Å². The molecule has 1 fully saturated rings. The molecular weight excluding hydrogens is 395 g/mol. The van der Waals surface area contributed by atoms with Gasteiger partial charge >= 0.3 is 0 Å². The SMILES string of the molecule is CCN(CC)S(=O)(=O)c1ccc(F)c(C(=O)N2CCN(c3ccccn3)CC2)c1. The average Bonchev–Trinajstić information content (AvgIpc) is 2.75. The molecule has 1 aromatic heterocycles. The lowest BCUT2D eigenvalue weighted by Crippen LogP contribution is -2.49. The van der Waals surface area contributed by atoms with Crippen molar-refractivity contribution in [3.8, 4) is 0 Å². The molecule has 0 saturated carbocycles. The molecule has 0 aliphatic carbocycles. The van der Waals surface area contributed by atoms with Gasteiger partial charge < -0.3 is 9.80 Å². The zero-order valence-electron chi connectivity index (χ0n) is 16.6. The van der Waals surface area contributed by atoms with Crippen LogP contribution >= 0.6 is 0 Å². The molecule has 9 heteroatoms. The molecular formula is C20H25FN4O3S. The summed E-state index contributed by atoms with van der Waals surface area (Å²) in [6.07, 6.45) is 1.71. The molecule has 0 bridgehead atoms. The summed E-state index contributed by atoms with van der Waals surface area (Å²) in [7, 11) is -3.77. The number of hydrogen-bond donors (Lipinski definition) is 0. The third-order valence-corrected chi connectivity index (χ3v) is 7.10. The number of sulfonamides is 1. The number of pyridine rings is 1. The predicted molar refractivity (Wildman–Crippen MR) is 109 cm³/mol. The van der Waals surface area contributed by atoms with Crippen LogP contribution in [0, 0.1) is 5.82 Å². The molecule has 0 atom stereocenters. The summed E-state index contributed by atoms with van der Waals surface area (Å²) >= 11 is 0. The molecule has 1 aliphatic heterocycles. The largest absolute Gasteiger partial charge is 0.353 e. The van der Waals surface area contributed by atoms with Gasteiger partial charge in [-0.1, -0.05) is 19.9 Å². The lowest BCUT2D eigenvalue weighted by molar-refractivity contribution is 0.0741. The van der Waals surface area contributed by atoms with Gasteiger partial charge in [0.2, 0.25) is 10.0 Å². The van der Waals surface area contributed by atoms with Gasteiger partial charge in [-0.15, -0.1) is 0 Å². The third-order valence-electron chi connectivity index (χ3n) is 5.05. The number of piperazine rings is 1. The Bertz CT molecular complexity index is 957. The van der Waals surface area contributed by atoms with Crippen LogP contribution in [-0.4, -0.2) is 67.8 Å². The van der Waals surface area contributed by atoms with E-state index in [1.54, 1.807) is 24.9 Å². The fourth-order valence-corrected chi connectivity index (χ4v) is 4.88. The second kappa shape index (κ2) is 8.87. The molecule has 156 valence electrons. The summed E-state index contributed by atoms with van der Waals surface area (Å²) in [6.45, 7) is 6.02. The number of carbonyl (C=O) groups is 1. The van der Waals surface area contributed by atoms with Gasteiger partial charge in [-0.25, -0.2) is 17.8 Å². The van der Waals surface area contributed by atoms with E-state index in [4.69, 9.17) is 0 Å². The Morgan fingerprint density at radius 1 is 1.10 bits per heavy atom. The minimum absolute atomic E-state index is 0.0712. The first-order valence-electron chi connectivity index (χ1n) is 9.63. The van der Waals surface area contributed by atoms with Crippen molar-refractivity contribution in [2.75, 3.05) is 44.2 Å². The lowest BCUT2D eigenvalue weighted by atomic mass is 10.1. The Kier molecular flexibility index (Phi) is 6.49. The molecule has 1 aromatic carbocycles. The van der Waals surface area contributed by atoms with Gasteiger partial charge in [0.05, 0.1) is 10.5 Å². The fourth-order valence-electron chi connectivity index (χ4n) is 3.39. The summed E-state index contributed by atoms with van der Waals surface area (Å²) in [6, 6.07) is 9.05. The average molecular weight is 421 g/mol. The molecule has 1 aliphatic rings. The number of hydrogen-bond acceptors (Lipinski definition) is 5. The molecule has 7 nitrogen and oxygen atoms in total. The van der Waals surface area contributed by atoms with Crippen LogP contribution < -0.4 is 4.90 Å². The second-order valence-electron chi connectivity index (χ2n) is 6.70. The van der Waals surface area contributed by atoms with Gasteiger partial charge in [0.15, 0.2) is 0 Å². The smallest absolute Gasteiger partial charge is 0.256 e. The van der Waals surface area contributed by atoms with Crippen LogP contribution in [-0.2, 0) is 10.0 Å². The Morgan fingerprint density at radius 2 is 1.79 bits per heavy atom. The topological polar surface area (TPSA) is 73.8 Å². The number of rotatable bonds is 6. The molecule has 1 amide bonds. The van der Waals surface area contributed by atoms with Crippen LogP contribution in [0.5, 0.6) is 0 Å². The van der Waals surface area contributed by atoms with Crippen molar-refractivity contribution in [2.45, 2.75) is 18.7 Å². The van der Waals surface area contributed by atoms with E-state index >= 15 is 0 Å². The number of anilines is 1. The second-order valence-corrected chi connectivity index (χ2v) is 8.64. The van der Waals surface area contributed by atoms with E-state index in [2.05, 4.69) is 9.88 Å². The monoisotopic (exact) mass is 420 g/mol. The Balaban J connectivity index is 1.78. The number of carbonyl (C=O) groups excluding carboxylic acids is 1. The number of nitrogens with zero attached hydrogens (tertiary/aromatic N) is 4. The molecule has 0 spiro atoms. The van der Waals surface area contributed by atoms with Crippen LogP contribution in [0.2, 0.25) is 0 Å². The number of amides is 1. The fraction of sp³-hybridized carbons (Fsp3) is 0.400. The molecule has 2 aromatic rings. The summed E-state index contributed by atoms with van der Waals surface area (Å²) in [5.74, 6) is -0.390. The summed E-state index contributed by atoms with van der Waals surface area (Å²) in [4.78, 5) is 20.7. The molecule has 0 N–H and O–H groups in total. The van der Waals surface area contributed by atoms with E-state index in [0.717, 1.165) is 18.0 Å². The Labute approximate surface area is 170 Å². The Hall–Kier alpha value is -2.52. The number of benzene rings is 1. The van der Waals surface area contributed by atoms with Crippen molar-refractivity contribution < 1.29 is 17.6 Å². The van der Waals surface area contributed by atoms with E-state index in [1.807, 2.05) is 18.2 Å². The van der Waals surface area contributed by atoms with Crippen LogP contribution in [0.25, 0.3) is 0 Å². The van der Waals surface area contributed by atoms with Gasteiger partial charge in [-0.2, -0.15) is 4.31 Å². The quantitative estimate of drug-likeness (QED) is 0.716. The van der Waals surface area contributed by atoms with Gasteiger partial charge in [0, 0.05) is 45.5 Å². The molecule has 1 saturated heterocycles. The van der Waals surface area contributed by atoms with Crippen molar-refractivity contribution in [1.29, 1.82) is 0 Å². The highest BCUT2D eigenvalue weighted by molar-refractivity contribution is 7.89. The van der Waals surface area contributed by atoms with E-state index in [9.17, 15) is 17.6 Å². The van der Waals surface area contributed by atoms with E-state index in [1.165, 1.54) is 10.4 Å². The van der Waals surface area contributed by atoms with E-state index < -0.39 is 21.7 Å². The highest BCUT2D eigenvalue weighted by Crippen LogP contribution is 2.21. The third kappa shape index (κ3) is 4.40. The van der Waals surface area contributed by atoms with E-state index in [-0.39, 0.29) is 10.5 Å². The van der Waals surface area contributed by atoms with Gasteiger partial charge in [-0.05, 0) is 30.3 Å². The lowest BCUT2D eigenvalue weighted by Gasteiger charge is -2.35. The first kappa shape index (κ1) is 21.2. The normalized spacial score (nSPS) is 15.0. The van der Waals surface area contributed by atoms with Crippen molar-refractivity contribution in [3.05, 3.63) is 54.0 Å². The zero-order chi connectivity index (χ0) is 21.0. The van der Waals surface area contributed by atoms with Gasteiger partial charge in [0.1, 0.15) is 11.6 Å². The van der Waals surface area contributed by atoms with Gasteiger partial charge in [0.25, 0.3) is 5.91 Å². The van der Waals surface area contributed by atoms with Crippen LogP contribution in [0.4, 0.5) is 10.2 Å². The first-order chi connectivity index (χ1) is 13.9. The first-order valence-corrected chi connectivity index (χ1v) is 11.1. The van der Waals surface area contributed by atoms with Crippen molar-refractivity contribution in [1.82, 2.24) is 14.2 Å². The molecule has 29 heavy (non-hydrogen) atoms. The minimum Gasteiger partial charge on any atom is -0.353 e. The van der Waals surface area contributed by atoms with Crippen LogP contribution in [0.15, 0.2) is 47.5 Å². The molecule has 0 radical (unpaired) electrons. The maximum atomic E-state index is 14.4. The maximum absolute atomic E-state index is 14.4. The van der Waals surface area contributed by atoms with Crippen LogP contribution in [0.3, 0.4) is 0 Å². The predicted octanol–water partition coefficient (Wildman–Crippen LogP) is 2.21. The molecule has 0 unspecified atom stereocenters. The number of aromatic nitrogens is 1. The standard InChI is InChI=1S/C20H25FN4O3S/c1-3-25(4-2)29(27,28)16-8-9-18(21)17(15-16)20(26)24-13-11-23(12-14-24)19-7-5-6-10-22-19/h5-10,15H,3-4,11-14H2,1-2H3. The minimum atomic E-state index is -3.77. The van der Waals surface area contributed by atoms with Crippen LogP contribution in [0.1, 0.15) is 24.2 Å². The maximum Gasteiger partial charge on any atom is 0.256 e. The van der Waals surface area contributed by atoms with Crippen molar-refractivity contribution in [3.63, 3.8) is 0 Å². The zero-order valence-corrected chi connectivity index (χ0v) is 17.4. The van der Waals surface area contributed by atoms with Gasteiger partial charge in [-0.3, -0.25) is 4.79 Å². The molecule has 2 heterocycles.